The maximum Gasteiger partial charge on any atom is 0.227 e. The molecule has 4 atom stereocenters. The largest absolute Gasteiger partial charge is 0.394 e. The smallest absolute Gasteiger partial charge is 0.227 e. The normalized spacial score (nSPS) is 21.0. The number of carbonyl (C=O) groups is 1. The van der Waals surface area contributed by atoms with Crippen molar-refractivity contribution >= 4 is 23.5 Å². The number of rotatable bonds is 15. The van der Waals surface area contributed by atoms with Crippen LogP contribution in [0.5, 0.6) is 0 Å². The SMILES string of the molecule is O=C(Cc1ccc(COCC2CC3(CCN(c4ncc(Cl)cn4)CC3)C2)cc1F)N1CC(CCC[C@H](O)[C@@H](O)[C@H](O)[C@H](O)CO)C1. The van der Waals surface area contributed by atoms with E-state index in [-0.39, 0.29) is 24.7 Å². The first-order chi connectivity index (χ1) is 22.1. The van der Waals surface area contributed by atoms with Crippen LogP contribution in [0.25, 0.3) is 0 Å². The van der Waals surface area contributed by atoms with Gasteiger partial charge in [0.15, 0.2) is 0 Å². The number of nitrogens with zero attached hydrogens (tertiary/aromatic N) is 4. The number of aliphatic hydroxyl groups is 5. The molecule has 46 heavy (non-hydrogen) atoms. The zero-order chi connectivity index (χ0) is 32.8. The van der Waals surface area contributed by atoms with Crippen molar-refractivity contribution < 1.29 is 39.5 Å². The van der Waals surface area contributed by atoms with Crippen LogP contribution in [0.4, 0.5) is 10.3 Å². The van der Waals surface area contributed by atoms with Crippen molar-refractivity contribution in [2.75, 3.05) is 44.3 Å². The first kappa shape index (κ1) is 34.9. The molecule has 3 fully saturated rings. The van der Waals surface area contributed by atoms with Crippen LogP contribution in [-0.2, 0) is 22.6 Å². The molecule has 3 heterocycles. The van der Waals surface area contributed by atoms with Crippen LogP contribution in [0.2, 0.25) is 5.02 Å². The van der Waals surface area contributed by atoms with Crippen LogP contribution in [0.3, 0.4) is 0 Å². The third-order valence-electron chi connectivity index (χ3n) is 9.99. The second-order valence-electron chi connectivity index (χ2n) is 13.5. The molecule has 2 aliphatic heterocycles. The Hall–Kier alpha value is -2.45. The molecule has 1 amide bonds. The summed E-state index contributed by atoms with van der Waals surface area (Å²) < 4.78 is 20.8. The Morgan fingerprint density at radius 2 is 1.72 bits per heavy atom. The molecule has 0 radical (unpaired) electrons. The van der Waals surface area contributed by atoms with Crippen molar-refractivity contribution in [3.05, 3.63) is 52.6 Å². The van der Waals surface area contributed by atoms with Crippen molar-refractivity contribution in [2.24, 2.45) is 17.3 Å². The Labute approximate surface area is 274 Å². The summed E-state index contributed by atoms with van der Waals surface area (Å²) in [5.41, 5.74) is 1.47. The highest BCUT2D eigenvalue weighted by Gasteiger charge is 2.46. The van der Waals surface area contributed by atoms with Gasteiger partial charge in [-0.3, -0.25) is 4.79 Å². The summed E-state index contributed by atoms with van der Waals surface area (Å²) in [6.07, 6.45) is 3.30. The minimum absolute atomic E-state index is 0.0125. The van der Waals surface area contributed by atoms with Gasteiger partial charge in [0.2, 0.25) is 11.9 Å². The van der Waals surface area contributed by atoms with Crippen LogP contribution in [0.1, 0.15) is 56.1 Å². The number of likely N-dealkylation sites (tertiary alicyclic amines) is 1. The molecule has 5 N–H and O–H groups in total. The van der Waals surface area contributed by atoms with E-state index < -0.39 is 36.8 Å². The predicted octanol–water partition coefficient (Wildman–Crippen LogP) is 2.09. The van der Waals surface area contributed by atoms with Crippen LogP contribution >= 0.6 is 11.6 Å². The summed E-state index contributed by atoms with van der Waals surface area (Å²) in [4.78, 5) is 25.3. The highest BCUT2D eigenvalue weighted by atomic mass is 35.5. The van der Waals surface area contributed by atoms with Gasteiger partial charge in [-0.1, -0.05) is 30.2 Å². The summed E-state index contributed by atoms with van der Waals surface area (Å²) in [6.45, 7) is 3.24. The van der Waals surface area contributed by atoms with E-state index in [4.69, 9.17) is 21.4 Å². The Morgan fingerprint density at radius 3 is 2.37 bits per heavy atom. The molecule has 0 unspecified atom stereocenters. The number of piperidine rings is 1. The number of aromatic nitrogens is 2. The quantitative estimate of drug-likeness (QED) is 0.191. The number of hydrogen-bond donors (Lipinski definition) is 5. The summed E-state index contributed by atoms with van der Waals surface area (Å²) in [5.74, 6) is 0.938. The maximum absolute atomic E-state index is 14.8. The highest BCUT2D eigenvalue weighted by molar-refractivity contribution is 6.30. The summed E-state index contributed by atoms with van der Waals surface area (Å²) in [7, 11) is 0. The topological polar surface area (TPSA) is 160 Å². The monoisotopic (exact) mass is 664 g/mol. The fourth-order valence-corrected chi connectivity index (χ4v) is 7.19. The molecule has 1 spiro atoms. The molecule has 3 aliphatic rings. The summed E-state index contributed by atoms with van der Waals surface area (Å²) in [6, 6.07) is 4.93. The van der Waals surface area contributed by atoms with Gasteiger partial charge in [0.25, 0.3) is 0 Å². The lowest BCUT2D eigenvalue weighted by atomic mass is 9.58. The van der Waals surface area contributed by atoms with Gasteiger partial charge in [0.1, 0.15) is 24.1 Å². The average molecular weight is 665 g/mol. The third kappa shape index (κ3) is 8.71. The number of benzene rings is 1. The van der Waals surface area contributed by atoms with Crippen LogP contribution in [0, 0.1) is 23.1 Å². The lowest BCUT2D eigenvalue weighted by Crippen LogP contribution is -2.50. The molecular formula is C33H46ClFN4O7. The Kier molecular flexibility index (Phi) is 11.9. The minimum atomic E-state index is -1.63. The van der Waals surface area contributed by atoms with Gasteiger partial charge in [-0.05, 0) is 73.0 Å². The number of halogens is 2. The molecule has 254 valence electrons. The standard InChI is InChI=1S/C33H46ClFN4O7/c34-25-14-36-32(37-15-25)38-8-6-33(7-9-38)12-23(13-33)20-46-19-21-4-5-24(26(35)10-21)11-29(43)39-16-22(17-39)2-1-3-27(41)30(44)31(45)28(42)18-40/h4-5,10,14-15,22-23,27-28,30-31,40-42,44-45H,1-3,6-9,11-13,16-20H2/t27-,28+,30+,31+/m0/s1. The van der Waals surface area contributed by atoms with Gasteiger partial charge in [-0.15, -0.1) is 0 Å². The Bertz CT molecular complexity index is 1290. The average Bonchev–Trinajstić information content (AvgIpc) is 3.01. The van der Waals surface area contributed by atoms with Gasteiger partial charge in [0, 0.05) is 32.8 Å². The molecular weight excluding hydrogens is 619 g/mol. The molecule has 1 aliphatic carbocycles. The van der Waals surface area contributed by atoms with E-state index >= 15 is 0 Å². The van der Waals surface area contributed by atoms with E-state index in [2.05, 4.69) is 14.9 Å². The number of carbonyl (C=O) groups excluding carboxylic acids is 1. The number of aliphatic hydroxyl groups excluding tert-OH is 5. The van der Waals surface area contributed by atoms with Crippen molar-refractivity contribution in [1.82, 2.24) is 14.9 Å². The maximum atomic E-state index is 14.8. The molecule has 2 aromatic rings. The molecule has 2 saturated heterocycles. The highest BCUT2D eigenvalue weighted by Crippen LogP contribution is 2.52. The van der Waals surface area contributed by atoms with Gasteiger partial charge >= 0.3 is 0 Å². The van der Waals surface area contributed by atoms with E-state index in [1.807, 2.05) is 6.07 Å². The van der Waals surface area contributed by atoms with Gasteiger partial charge in [0.05, 0.1) is 43.2 Å². The fraction of sp³-hybridized carbons (Fsp3) is 0.667. The summed E-state index contributed by atoms with van der Waals surface area (Å²) >= 11 is 5.91. The van der Waals surface area contributed by atoms with Crippen LogP contribution in [0.15, 0.2) is 30.6 Å². The third-order valence-corrected chi connectivity index (χ3v) is 10.2. The zero-order valence-electron chi connectivity index (χ0n) is 26.1. The number of ether oxygens (including phenoxy) is 1. The molecule has 1 aromatic carbocycles. The van der Waals surface area contributed by atoms with Crippen molar-refractivity contribution in [1.29, 1.82) is 0 Å². The Morgan fingerprint density at radius 1 is 1.04 bits per heavy atom. The van der Waals surface area contributed by atoms with E-state index in [0.29, 0.717) is 54.6 Å². The molecule has 1 saturated carbocycles. The van der Waals surface area contributed by atoms with E-state index in [9.17, 15) is 29.6 Å². The minimum Gasteiger partial charge on any atom is -0.394 e. The Balaban J connectivity index is 0.943. The molecule has 5 rings (SSSR count). The van der Waals surface area contributed by atoms with E-state index in [1.165, 1.54) is 6.07 Å². The first-order valence-corrected chi connectivity index (χ1v) is 16.6. The number of hydrogen-bond acceptors (Lipinski definition) is 10. The summed E-state index contributed by atoms with van der Waals surface area (Å²) in [5, 5.41) is 48.5. The number of anilines is 1. The second-order valence-corrected chi connectivity index (χ2v) is 13.9. The predicted molar refractivity (Wildman–Crippen MR) is 168 cm³/mol. The van der Waals surface area contributed by atoms with Gasteiger partial charge < -0.3 is 40.1 Å². The van der Waals surface area contributed by atoms with Crippen LogP contribution < -0.4 is 4.90 Å². The van der Waals surface area contributed by atoms with Crippen molar-refractivity contribution in [3.63, 3.8) is 0 Å². The van der Waals surface area contributed by atoms with Crippen molar-refractivity contribution in [2.45, 2.75) is 82.4 Å². The second kappa shape index (κ2) is 15.6. The van der Waals surface area contributed by atoms with Crippen molar-refractivity contribution in [3.8, 4) is 0 Å². The molecule has 13 heteroatoms. The van der Waals surface area contributed by atoms with Gasteiger partial charge in [-0.25, -0.2) is 14.4 Å². The van der Waals surface area contributed by atoms with Gasteiger partial charge in [-0.2, -0.15) is 0 Å². The lowest BCUT2D eigenvalue weighted by molar-refractivity contribution is -0.137. The van der Waals surface area contributed by atoms with E-state index in [1.54, 1.807) is 23.4 Å². The molecule has 0 bridgehead atoms. The zero-order valence-corrected chi connectivity index (χ0v) is 26.8. The lowest BCUT2D eigenvalue weighted by Gasteiger charge is -2.52. The van der Waals surface area contributed by atoms with E-state index in [0.717, 1.165) is 56.7 Å². The van der Waals surface area contributed by atoms with Crippen LogP contribution in [-0.4, -0.2) is 110 Å². The fourth-order valence-electron chi connectivity index (χ4n) is 7.09. The number of amides is 1. The molecule has 1 aromatic heterocycles. The first-order valence-electron chi connectivity index (χ1n) is 16.2. The molecule has 11 nitrogen and oxygen atoms in total.